The lowest BCUT2D eigenvalue weighted by atomic mass is 9.90. The van der Waals surface area contributed by atoms with E-state index >= 15 is 0 Å². The Bertz CT molecular complexity index is 796. The number of nitrogen functional groups attached to an aromatic ring is 1. The number of amides is 1. The van der Waals surface area contributed by atoms with E-state index < -0.39 is 0 Å². The smallest absolute Gasteiger partial charge is 0.252 e. The summed E-state index contributed by atoms with van der Waals surface area (Å²) in [6.07, 6.45) is 2.72. The molecule has 1 saturated heterocycles. The summed E-state index contributed by atoms with van der Waals surface area (Å²) in [4.78, 5) is 30.4. The molecular weight excluding hydrogens is 318 g/mol. The molecular formula is C18H23N5O2. The van der Waals surface area contributed by atoms with Crippen molar-refractivity contribution in [3.63, 3.8) is 0 Å². The van der Waals surface area contributed by atoms with Crippen molar-refractivity contribution in [3.8, 4) is 0 Å². The predicted molar refractivity (Wildman–Crippen MR) is 96.6 cm³/mol. The topological polar surface area (TPSA) is 113 Å². The zero-order valence-electron chi connectivity index (χ0n) is 14.0. The lowest BCUT2D eigenvalue weighted by Crippen LogP contribution is -2.29. The highest BCUT2D eigenvalue weighted by Gasteiger charge is 2.16. The second-order valence-electron chi connectivity index (χ2n) is 6.29. The van der Waals surface area contributed by atoms with Crippen LogP contribution in [-0.2, 0) is 6.42 Å². The van der Waals surface area contributed by atoms with Crippen molar-refractivity contribution in [2.45, 2.75) is 25.2 Å². The molecule has 1 fully saturated rings. The predicted octanol–water partition coefficient (Wildman–Crippen LogP) is 0.792. The van der Waals surface area contributed by atoms with Crippen LogP contribution in [0.2, 0.25) is 0 Å². The van der Waals surface area contributed by atoms with Gasteiger partial charge in [-0.2, -0.15) is 0 Å². The van der Waals surface area contributed by atoms with E-state index in [0.29, 0.717) is 30.3 Å². The second-order valence-corrected chi connectivity index (χ2v) is 6.29. The third-order valence-corrected chi connectivity index (χ3v) is 4.37. The maximum absolute atomic E-state index is 12.4. The number of benzene rings is 1. The van der Waals surface area contributed by atoms with Crippen LogP contribution < -0.4 is 21.9 Å². The average Bonchev–Trinajstić information content (AvgIpc) is 2.62. The highest BCUT2D eigenvalue weighted by Crippen LogP contribution is 2.23. The van der Waals surface area contributed by atoms with E-state index in [0.717, 1.165) is 25.9 Å². The molecule has 0 radical (unpaired) electrons. The number of rotatable bonds is 5. The molecule has 1 aromatic carbocycles. The lowest BCUT2D eigenvalue weighted by molar-refractivity contribution is 0.0954. The van der Waals surface area contributed by atoms with Gasteiger partial charge in [0.15, 0.2) is 0 Å². The normalized spacial score (nSPS) is 17.2. The summed E-state index contributed by atoms with van der Waals surface area (Å²) < 4.78 is 0. The van der Waals surface area contributed by atoms with Gasteiger partial charge in [-0.05, 0) is 43.0 Å². The number of carbonyl (C=O) groups is 1. The minimum absolute atomic E-state index is 0.128. The summed E-state index contributed by atoms with van der Waals surface area (Å²) in [6.45, 7) is 2.40. The number of nitrogens with two attached hydrogens (primary N) is 1. The van der Waals surface area contributed by atoms with E-state index in [4.69, 9.17) is 5.73 Å². The first-order chi connectivity index (χ1) is 12.1. The standard InChI is InChI=1S/C18H23N5O2/c19-15-10-17(24)23-16(22-15)6-8-21-18(25)13-4-1-3-12(9-13)14-5-2-7-20-11-14/h1,3-4,9-10,14,20H,2,5-8,11H2,(H,21,25)(H3,19,22,23,24). The first-order valence-corrected chi connectivity index (χ1v) is 8.56. The Kier molecular flexibility index (Phi) is 5.45. The molecule has 0 spiro atoms. The molecule has 0 saturated carbocycles. The van der Waals surface area contributed by atoms with E-state index in [1.807, 2.05) is 18.2 Å². The maximum atomic E-state index is 12.4. The molecule has 1 aliphatic rings. The van der Waals surface area contributed by atoms with Crippen LogP contribution in [0.5, 0.6) is 0 Å². The third kappa shape index (κ3) is 4.67. The summed E-state index contributed by atoms with van der Waals surface area (Å²) in [6, 6.07) is 9.02. The van der Waals surface area contributed by atoms with E-state index in [2.05, 4.69) is 26.7 Å². The van der Waals surface area contributed by atoms with E-state index in [9.17, 15) is 9.59 Å². The fraction of sp³-hybridized carbons (Fsp3) is 0.389. The molecule has 1 atom stereocenters. The molecule has 25 heavy (non-hydrogen) atoms. The summed E-state index contributed by atoms with van der Waals surface area (Å²) >= 11 is 0. The number of hydrogen-bond acceptors (Lipinski definition) is 5. The number of aromatic nitrogens is 2. The first-order valence-electron chi connectivity index (χ1n) is 8.56. The molecule has 2 heterocycles. The van der Waals surface area contributed by atoms with Crippen molar-refractivity contribution in [1.29, 1.82) is 0 Å². The number of nitrogens with one attached hydrogen (secondary N) is 3. The van der Waals surface area contributed by atoms with Crippen LogP contribution in [-0.4, -0.2) is 35.5 Å². The number of hydrogen-bond donors (Lipinski definition) is 4. The van der Waals surface area contributed by atoms with Gasteiger partial charge in [0.2, 0.25) is 0 Å². The average molecular weight is 341 g/mol. The number of H-pyrrole nitrogens is 1. The molecule has 1 amide bonds. The summed E-state index contributed by atoms with van der Waals surface area (Å²) in [5, 5.41) is 6.26. The molecule has 1 aromatic heterocycles. The highest BCUT2D eigenvalue weighted by atomic mass is 16.1. The van der Waals surface area contributed by atoms with Crippen LogP contribution in [0.1, 0.15) is 40.5 Å². The molecule has 7 heteroatoms. The van der Waals surface area contributed by atoms with E-state index in [1.54, 1.807) is 0 Å². The molecule has 7 nitrogen and oxygen atoms in total. The maximum Gasteiger partial charge on any atom is 0.252 e. The quantitative estimate of drug-likeness (QED) is 0.642. The molecule has 1 aliphatic heterocycles. The summed E-state index contributed by atoms with van der Waals surface area (Å²) in [5.74, 6) is 0.978. The van der Waals surface area contributed by atoms with Crippen molar-refractivity contribution < 1.29 is 4.79 Å². The minimum atomic E-state index is -0.289. The first kappa shape index (κ1) is 17.2. The zero-order valence-corrected chi connectivity index (χ0v) is 14.0. The molecule has 0 bridgehead atoms. The van der Waals surface area contributed by atoms with Crippen molar-refractivity contribution >= 4 is 11.7 Å². The van der Waals surface area contributed by atoms with Crippen molar-refractivity contribution in [2.24, 2.45) is 0 Å². The molecule has 1 unspecified atom stereocenters. The number of anilines is 1. The molecule has 0 aliphatic carbocycles. The van der Waals surface area contributed by atoms with Crippen LogP contribution >= 0.6 is 0 Å². The van der Waals surface area contributed by atoms with Gasteiger partial charge in [-0.15, -0.1) is 0 Å². The molecule has 132 valence electrons. The molecule has 3 rings (SSSR count). The summed E-state index contributed by atoms with van der Waals surface area (Å²) in [5.41, 5.74) is 7.10. The van der Waals surface area contributed by atoms with Gasteiger partial charge in [-0.3, -0.25) is 9.59 Å². The van der Waals surface area contributed by atoms with Gasteiger partial charge in [0.1, 0.15) is 11.6 Å². The Morgan fingerprint density at radius 3 is 3.00 bits per heavy atom. The van der Waals surface area contributed by atoms with Gasteiger partial charge < -0.3 is 21.4 Å². The van der Waals surface area contributed by atoms with Gasteiger partial charge >= 0.3 is 0 Å². The van der Waals surface area contributed by atoms with Gasteiger partial charge in [-0.25, -0.2) is 4.98 Å². The fourth-order valence-electron chi connectivity index (χ4n) is 3.11. The highest BCUT2D eigenvalue weighted by molar-refractivity contribution is 5.94. The molecule has 5 N–H and O–H groups in total. The SMILES string of the molecule is Nc1cc(=O)[nH]c(CCNC(=O)c2cccc(C3CCCNC3)c2)n1. The van der Waals surface area contributed by atoms with E-state index in [1.165, 1.54) is 11.6 Å². The monoisotopic (exact) mass is 341 g/mol. The number of nitrogens with zero attached hydrogens (tertiary/aromatic N) is 1. The van der Waals surface area contributed by atoms with Crippen LogP contribution in [0.3, 0.4) is 0 Å². The lowest BCUT2D eigenvalue weighted by Gasteiger charge is -2.23. The Morgan fingerprint density at radius 1 is 1.36 bits per heavy atom. The van der Waals surface area contributed by atoms with Crippen LogP contribution in [0.4, 0.5) is 5.82 Å². The molecule has 2 aromatic rings. The van der Waals surface area contributed by atoms with Gasteiger partial charge in [0.05, 0.1) is 0 Å². The Morgan fingerprint density at radius 2 is 2.24 bits per heavy atom. The van der Waals surface area contributed by atoms with Crippen molar-refractivity contribution in [2.75, 3.05) is 25.4 Å². The Hall–Kier alpha value is -2.67. The van der Waals surface area contributed by atoms with Crippen molar-refractivity contribution in [1.82, 2.24) is 20.6 Å². The van der Waals surface area contributed by atoms with Gasteiger partial charge in [0.25, 0.3) is 11.5 Å². The number of piperidine rings is 1. The van der Waals surface area contributed by atoms with E-state index in [-0.39, 0.29) is 17.3 Å². The second kappa shape index (κ2) is 7.94. The Balaban J connectivity index is 1.58. The number of aromatic amines is 1. The number of carbonyl (C=O) groups excluding carboxylic acids is 1. The van der Waals surface area contributed by atoms with Crippen LogP contribution in [0.25, 0.3) is 0 Å². The van der Waals surface area contributed by atoms with Gasteiger partial charge in [-0.1, -0.05) is 12.1 Å². The van der Waals surface area contributed by atoms with Crippen LogP contribution in [0, 0.1) is 0 Å². The largest absolute Gasteiger partial charge is 0.383 e. The summed E-state index contributed by atoms with van der Waals surface area (Å²) in [7, 11) is 0. The third-order valence-electron chi connectivity index (χ3n) is 4.37. The minimum Gasteiger partial charge on any atom is -0.383 e. The van der Waals surface area contributed by atoms with Crippen molar-refractivity contribution in [3.05, 3.63) is 57.6 Å². The Labute approximate surface area is 146 Å². The van der Waals surface area contributed by atoms with Gasteiger partial charge in [0, 0.05) is 31.1 Å². The van der Waals surface area contributed by atoms with Crippen LogP contribution in [0.15, 0.2) is 35.1 Å². The zero-order chi connectivity index (χ0) is 17.6. The fourth-order valence-corrected chi connectivity index (χ4v) is 3.11.